The van der Waals surface area contributed by atoms with Crippen molar-refractivity contribution in [1.82, 2.24) is 5.32 Å². The summed E-state index contributed by atoms with van der Waals surface area (Å²) in [5.74, 6) is -0.851. The fraction of sp³-hybridized carbons (Fsp3) is 0.467. The Morgan fingerprint density at radius 2 is 2.36 bits per heavy atom. The van der Waals surface area contributed by atoms with Gasteiger partial charge in [-0.2, -0.15) is 0 Å². The first-order valence-corrected chi connectivity index (χ1v) is 7.35. The van der Waals surface area contributed by atoms with Gasteiger partial charge in [-0.25, -0.2) is 4.39 Å². The van der Waals surface area contributed by atoms with Crippen LogP contribution in [0.2, 0.25) is 0 Å². The number of hydrogen-bond donors (Lipinski definition) is 2. The lowest BCUT2D eigenvalue weighted by Gasteiger charge is -2.29. The lowest BCUT2D eigenvalue weighted by atomic mass is 10.2. The minimum Gasteiger partial charge on any atom is -0.376 e. The van der Waals surface area contributed by atoms with E-state index in [0.717, 1.165) is 19.4 Å². The molecule has 2 aliphatic heterocycles. The number of anilines is 2. The van der Waals surface area contributed by atoms with E-state index < -0.39 is 0 Å². The van der Waals surface area contributed by atoms with E-state index in [1.807, 2.05) is 0 Å². The summed E-state index contributed by atoms with van der Waals surface area (Å²) in [6.07, 6.45) is 2.01. The summed E-state index contributed by atoms with van der Waals surface area (Å²) in [6, 6.07) is 4.09. The van der Waals surface area contributed by atoms with Gasteiger partial charge in [0.25, 0.3) is 0 Å². The molecular weight excluding hydrogens is 289 g/mol. The molecule has 118 valence electrons. The second-order valence-corrected chi connectivity index (χ2v) is 5.43. The van der Waals surface area contributed by atoms with Crippen LogP contribution in [-0.4, -0.2) is 44.2 Å². The smallest absolute Gasteiger partial charge is 0.246 e. The second kappa shape index (κ2) is 6.31. The van der Waals surface area contributed by atoms with E-state index in [1.165, 1.54) is 23.1 Å². The van der Waals surface area contributed by atoms with Crippen LogP contribution < -0.4 is 15.5 Å². The lowest BCUT2D eigenvalue weighted by molar-refractivity contribution is -0.123. The van der Waals surface area contributed by atoms with Crippen LogP contribution in [-0.2, 0) is 14.3 Å². The van der Waals surface area contributed by atoms with Crippen molar-refractivity contribution in [3.63, 3.8) is 0 Å². The van der Waals surface area contributed by atoms with Crippen LogP contribution in [0.25, 0.3) is 0 Å². The fourth-order valence-electron chi connectivity index (χ4n) is 2.69. The SMILES string of the molecule is O=C(CN1C(=O)CNc2cc(F)ccc21)NCC1CCCO1. The van der Waals surface area contributed by atoms with Crippen molar-refractivity contribution in [1.29, 1.82) is 0 Å². The molecule has 1 unspecified atom stereocenters. The van der Waals surface area contributed by atoms with Gasteiger partial charge in [0.05, 0.1) is 24.0 Å². The Labute approximate surface area is 127 Å². The van der Waals surface area contributed by atoms with E-state index in [9.17, 15) is 14.0 Å². The molecule has 0 saturated carbocycles. The van der Waals surface area contributed by atoms with Crippen LogP contribution in [0.15, 0.2) is 18.2 Å². The molecule has 22 heavy (non-hydrogen) atoms. The van der Waals surface area contributed by atoms with E-state index in [2.05, 4.69) is 10.6 Å². The predicted molar refractivity (Wildman–Crippen MR) is 79.2 cm³/mol. The molecule has 0 bridgehead atoms. The van der Waals surface area contributed by atoms with Crippen molar-refractivity contribution in [2.45, 2.75) is 18.9 Å². The number of nitrogens with one attached hydrogen (secondary N) is 2. The molecule has 1 saturated heterocycles. The topological polar surface area (TPSA) is 70.7 Å². The quantitative estimate of drug-likeness (QED) is 0.866. The Morgan fingerprint density at radius 1 is 1.50 bits per heavy atom. The number of hydrogen-bond acceptors (Lipinski definition) is 4. The maximum absolute atomic E-state index is 13.2. The van der Waals surface area contributed by atoms with Crippen molar-refractivity contribution in [3.05, 3.63) is 24.0 Å². The average Bonchev–Trinajstić information content (AvgIpc) is 3.01. The van der Waals surface area contributed by atoms with Crippen molar-refractivity contribution in [2.75, 3.05) is 36.5 Å². The van der Waals surface area contributed by atoms with Crippen molar-refractivity contribution < 1.29 is 18.7 Å². The molecule has 0 radical (unpaired) electrons. The zero-order valence-corrected chi connectivity index (χ0v) is 12.1. The molecule has 0 spiro atoms. The highest BCUT2D eigenvalue weighted by Gasteiger charge is 2.26. The summed E-state index contributed by atoms with van der Waals surface area (Å²) >= 11 is 0. The maximum atomic E-state index is 13.2. The van der Waals surface area contributed by atoms with Gasteiger partial charge in [0.15, 0.2) is 0 Å². The average molecular weight is 307 g/mol. The highest BCUT2D eigenvalue weighted by molar-refractivity contribution is 6.05. The Hall–Kier alpha value is -2.15. The standard InChI is InChI=1S/C15H18FN3O3/c16-10-3-4-13-12(6-10)17-8-15(21)19(13)9-14(20)18-7-11-2-1-5-22-11/h3-4,6,11,17H,1-2,5,7-9H2,(H,18,20). The van der Waals surface area contributed by atoms with Gasteiger partial charge in [-0.3, -0.25) is 14.5 Å². The zero-order chi connectivity index (χ0) is 15.5. The van der Waals surface area contributed by atoms with Gasteiger partial charge in [0.2, 0.25) is 11.8 Å². The molecule has 2 heterocycles. The number of benzene rings is 1. The molecule has 3 rings (SSSR count). The largest absolute Gasteiger partial charge is 0.376 e. The van der Waals surface area contributed by atoms with Gasteiger partial charge in [0, 0.05) is 13.2 Å². The van der Waals surface area contributed by atoms with Crippen LogP contribution in [0.1, 0.15) is 12.8 Å². The maximum Gasteiger partial charge on any atom is 0.246 e. The number of ether oxygens (including phenoxy) is 1. The van der Waals surface area contributed by atoms with E-state index in [4.69, 9.17) is 4.74 Å². The lowest BCUT2D eigenvalue weighted by Crippen LogP contribution is -2.46. The number of halogens is 1. The van der Waals surface area contributed by atoms with E-state index in [0.29, 0.717) is 17.9 Å². The first-order chi connectivity index (χ1) is 10.6. The molecule has 2 aliphatic rings. The molecule has 2 N–H and O–H groups in total. The third-order valence-electron chi connectivity index (χ3n) is 3.83. The van der Waals surface area contributed by atoms with Crippen LogP contribution in [0.4, 0.5) is 15.8 Å². The number of nitrogens with zero attached hydrogens (tertiary/aromatic N) is 1. The highest BCUT2D eigenvalue weighted by Crippen LogP contribution is 2.29. The minimum absolute atomic E-state index is 0.0511. The van der Waals surface area contributed by atoms with Gasteiger partial charge in [-0.05, 0) is 31.0 Å². The monoisotopic (exact) mass is 307 g/mol. The molecule has 2 amide bonds. The van der Waals surface area contributed by atoms with Gasteiger partial charge in [0.1, 0.15) is 12.4 Å². The number of carbonyl (C=O) groups excluding carboxylic acids is 2. The highest BCUT2D eigenvalue weighted by atomic mass is 19.1. The molecular formula is C15H18FN3O3. The summed E-state index contributed by atoms with van der Waals surface area (Å²) in [6.45, 7) is 1.16. The second-order valence-electron chi connectivity index (χ2n) is 5.43. The van der Waals surface area contributed by atoms with Crippen LogP contribution in [0.5, 0.6) is 0 Å². The van der Waals surface area contributed by atoms with Crippen LogP contribution in [0, 0.1) is 5.82 Å². The van der Waals surface area contributed by atoms with Gasteiger partial charge < -0.3 is 15.4 Å². The van der Waals surface area contributed by atoms with Crippen molar-refractivity contribution in [3.8, 4) is 0 Å². The molecule has 1 aromatic carbocycles. The number of carbonyl (C=O) groups is 2. The fourth-order valence-corrected chi connectivity index (χ4v) is 2.69. The Morgan fingerprint density at radius 3 is 3.14 bits per heavy atom. The molecule has 1 fully saturated rings. The van der Waals surface area contributed by atoms with Gasteiger partial charge >= 0.3 is 0 Å². The Kier molecular flexibility index (Phi) is 4.24. The molecule has 6 nitrogen and oxygen atoms in total. The summed E-state index contributed by atoms with van der Waals surface area (Å²) < 4.78 is 18.7. The zero-order valence-electron chi connectivity index (χ0n) is 12.1. The summed E-state index contributed by atoms with van der Waals surface area (Å²) in [5.41, 5.74) is 1.04. The Balaban J connectivity index is 1.63. The normalized spacial score (nSPS) is 20.5. The van der Waals surface area contributed by atoms with Crippen LogP contribution >= 0.6 is 0 Å². The summed E-state index contributed by atoms with van der Waals surface area (Å²) in [5, 5.41) is 5.63. The molecule has 1 atom stereocenters. The minimum atomic E-state index is -0.386. The van der Waals surface area contributed by atoms with E-state index >= 15 is 0 Å². The molecule has 0 aliphatic carbocycles. The van der Waals surface area contributed by atoms with Gasteiger partial charge in [-0.15, -0.1) is 0 Å². The molecule has 0 aromatic heterocycles. The Bertz CT molecular complexity index is 587. The number of fused-ring (bicyclic) bond motifs is 1. The van der Waals surface area contributed by atoms with E-state index in [-0.39, 0.29) is 36.8 Å². The summed E-state index contributed by atoms with van der Waals surface area (Å²) in [7, 11) is 0. The predicted octanol–water partition coefficient (Wildman–Crippen LogP) is 0.879. The first-order valence-electron chi connectivity index (χ1n) is 7.35. The molecule has 7 heteroatoms. The number of amides is 2. The van der Waals surface area contributed by atoms with Crippen molar-refractivity contribution >= 4 is 23.2 Å². The van der Waals surface area contributed by atoms with Gasteiger partial charge in [-0.1, -0.05) is 0 Å². The third kappa shape index (κ3) is 3.19. The first kappa shape index (κ1) is 14.8. The summed E-state index contributed by atoms with van der Waals surface area (Å²) in [4.78, 5) is 25.4. The molecule has 1 aromatic rings. The number of rotatable bonds is 4. The third-order valence-corrected chi connectivity index (χ3v) is 3.83. The van der Waals surface area contributed by atoms with Crippen LogP contribution in [0.3, 0.4) is 0 Å². The van der Waals surface area contributed by atoms with E-state index in [1.54, 1.807) is 0 Å². The van der Waals surface area contributed by atoms with Crippen molar-refractivity contribution in [2.24, 2.45) is 0 Å².